The average molecular weight is 227 g/mol. The van der Waals surface area contributed by atoms with Crippen molar-refractivity contribution in [1.29, 1.82) is 0 Å². The van der Waals surface area contributed by atoms with Crippen molar-refractivity contribution in [3.8, 4) is 5.75 Å². The van der Waals surface area contributed by atoms with Gasteiger partial charge in [-0.15, -0.1) is 0 Å². The predicted octanol–water partition coefficient (Wildman–Crippen LogP) is 3.30. The zero-order valence-electron chi connectivity index (χ0n) is 9.27. The molecule has 4 nitrogen and oxygen atoms in total. The highest BCUT2D eigenvalue weighted by molar-refractivity contribution is 5.38. The van der Waals surface area contributed by atoms with Gasteiger partial charge in [0, 0.05) is 12.1 Å². The molecule has 0 spiro atoms. The molecule has 1 rings (SSSR count). The van der Waals surface area contributed by atoms with E-state index in [0.29, 0.717) is 5.75 Å². The molecule has 0 amide bonds. The molecule has 0 atom stereocenters. The molecule has 5 heteroatoms. The summed E-state index contributed by atoms with van der Waals surface area (Å²) < 4.78 is 18.7. The van der Waals surface area contributed by atoms with E-state index in [0.717, 1.165) is 25.0 Å². The molecule has 0 radical (unpaired) electrons. The van der Waals surface area contributed by atoms with Gasteiger partial charge in [0.05, 0.1) is 11.0 Å². The van der Waals surface area contributed by atoms with Crippen molar-refractivity contribution in [2.75, 3.05) is 0 Å². The molecule has 0 saturated heterocycles. The number of nitrogens with zero attached hydrogens (tertiary/aromatic N) is 1. The Labute approximate surface area is 93.2 Å². The normalized spacial score (nSPS) is 10.5. The van der Waals surface area contributed by atoms with Gasteiger partial charge in [0.15, 0.2) is 0 Å². The first-order valence-electron chi connectivity index (χ1n) is 5.19. The van der Waals surface area contributed by atoms with Gasteiger partial charge >= 0.3 is 5.69 Å². The molecule has 0 unspecified atom stereocenters. The van der Waals surface area contributed by atoms with Crippen LogP contribution in [0.25, 0.3) is 0 Å². The van der Waals surface area contributed by atoms with E-state index in [9.17, 15) is 14.5 Å². The monoisotopic (exact) mass is 227 g/mol. The topological polar surface area (TPSA) is 52.4 Å². The lowest BCUT2D eigenvalue weighted by Crippen LogP contribution is -2.13. The van der Waals surface area contributed by atoms with Gasteiger partial charge < -0.3 is 4.74 Å². The Morgan fingerprint density at radius 3 is 2.50 bits per heavy atom. The summed E-state index contributed by atoms with van der Waals surface area (Å²) in [6.07, 6.45) is 1.64. The molecule has 1 aromatic carbocycles. The summed E-state index contributed by atoms with van der Waals surface area (Å²) in [5.41, 5.74) is -0.531. The van der Waals surface area contributed by atoms with Crippen LogP contribution < -0.4 is 4.74 Å². The molecule has 0 aliphatic heterocycles. The summed E-state index contributed by atoms with van der Waals surface area (Å²) in [7, 11) is 0. The molecule has 0 fully saturated rings. The second-order valence-electron chi connectivity index (χ2n) is 3.43. The molecule has 0 aliphatic carbocycles. The summed E-state index contributed by atoms with van der Waals surface area (Å²) in [5, 5.41) is 10.4. The number of rotatable bonds is 5. The lowest BCUT2D eigenvalue weighted by atomic mass is 10.2. The maximum absolute atomic E-state index is 13.2. The third-order valence-electron chi connectivity index (χ3n) is 2.33. The van der Waals surface area contributed by atoms with Gasteiger partial charge in [0.25, 0.3) is 0 Å². The fourth-order valence-corrected chi connectivity index (χ4v) is 1.36. The largest absolute Gasteiger partial charge is 0.490 e. The molecule has 16 heavy (non-hydrogen) atoms. The minimum absolute atomic E-state index is 0.0147. The Morgan fingerprint density at radius 1 is 1.44 bits per heavy atom. The highest BCUT2D eigenvalue weighted by Gasteiger charge is 2.15. The summed E-state index contributed by atoms with van der Waals surface area (Å²) in [6.45, 7) is 3.94. The van der Waals surface area contributed by atoms with E-state index in [-0.39, 0.29) is 6.10 Å². The van der Waals surface area contributed by atoms with E-state index in [4.69, 9.17) is 4.74 Å². The highest BCUT2D eigenvalue weighted by atomic mass is 19.1. The molecule has 0 heterocycles. The third-order valence-corrected chi connectivity index (χ3v) is 2.33. The SMILES string of the molecule is CCC(CC)Oc1ccc([N+](=O)[O-])c(F)c1. The van der Waals surface area contributed by atoms with Gasteiger partial charge in [-0.3, -0.25) is 10.1 Å². The molecular weight excluding hydrogens is 213 g/mol. The standard InChI is InChI=1S/C11H14FNO3/c1-3-8(4-2)16-9-5-6-11(13(14)15)10(12)7-9/h5-8H,3-4H2,1-2H3. The maximum atomic E-state index is 13.2. The van der Waals surface area contributed by atoms with Gasteiger partial charge in [-0.2, -0.15) is 4.39 Å². The lowest BCUT2D eigenvalue weighted by Gasteiger charge is -2.15. The van der Waals surface area contributed by atoms with Crippen LogP contribution in [0.15, 0.2) is 18.2 Å². The van der Waals surface area contributed by atoms with Crippen LogP contribution in [0.4, 0.5) is 10.1 Å². The van der Waals surface area contributed by atoms with E-state index in [1.54, 1.807) is 0 Å². The molecular formula is C11H14FNO3. The summed E-state index contributed by atoms with van der Waals surface area (Å²) in [5.74, 6) is -0.537. The van der Waals surface area contributed by atoms with Crippen molar-refractivity contribution in [1.82, 2.24) is 0 Å². The van der Waals surface area contributed by atoms with E-state index in [1.807, 2.05) is 13.8 Å². The smallest absolute Gasteiger partial charge is 0.305 e. The number of halogens is 1. The second kappa shape index (κ2) is 5.44. The molecule has 1 aromatic rings. The van der Waals surface area contributed by atoms with Crippen molar-refractivity contribution >= 4 is 5.69 Å². The minimum atomic E-state index is -0.867. The number of benzene rings is 1. The van der Waals surface area contributed by atoms with Crippen LogP contribution in [0.1, 0.15) is 26.7 Å². The van der Waals surface area contributed by atoms with Crippen LogP contribution >= 0.6 is 0 Å². The first kappa shape index (κ1) is 12.4. The number of nitro groups is 1. The van der Waals surface area contributed by atoms with Crippen LogP contribution in [0.5, 0.6) is 5.75 Å². The highest BCUT2D eigenvalue weighted by Crippen LogP contribution is 2.23. The second-order valence-corrected chi connectivity index (χ2v) is 3.43. The zero-order chi connectivity index (χ0) is 12.1. The van der Waals surface area contributed by atoms with Crippen molar-refractivity contribution in [2.45, 2.75) is 32.8 Å². The van der Waals surface area contributed by atoms with Crippen LogP contribution in [0.2, 0.25) is 0 Å². The first-order valence-corrected chi connectivity index (χ1v) is 5.19. The molecule has 0 aromatic heterocycles. The predicted molar refractivity (Wildman–Crippen MR) is 58.1 cm³/mol. The van der Waals surface area contributed by atoms with Crippen molar-refractivity contribution < 1.29 is 14.1 Å². The fourth-order valence-electron chi connectivity index (χ4n) is 1.36. The molecule has 0 N–H and O–H groups in total. The quantitative estimate of drug-likeness (QED) is 0.572. The Morgan fingerprint density at radius 2 is 2.06 bits per heavy atom. The van der Waals surface area contributed by atoms with Crippen LogP contribution in [0.3, 0.4) is 0 Å². The Kier molecular flexibility index (Phi) is 4.22. The Balaban J connectivity index is 2.84. The van der Waals surface area contributed by atoms with Crippen LogP contribution in [0, 0.1) is 15.9 Å². The van der Waals surface area contributed by atoms with Crippen molar-refractivity contribution in [3.05, 3.63) is 34.1 Å². The van der Waals surface area contributed by atoms with Gasteiger partial charge in [0.1, 0.15) is 5.75 Å². The summed E-state index contributed by atoms with van der Waals surface area (Å²) in [4.78, 5) is 9.64. The fraction of sp³-hybridized carbons (Fsp3) is 0.455. The van der Waals surface area contributed by atoms with E-state index in [2.05, 4.69) is 0 Å². The molecule has 0 aliphatic rings. The third kappa shape index (κ3) is 2.92. The first-order chi connectivity index (χ1) is 7.58. The van der Waals surface area contributed by atoms with Crippen LogP contribution in [-0.4, -0.2) is 11.0 Å². The average Bonchev–Trinajstić information content (AvgIpc) is 2.25. The Bertz CT molecular complexity index is 377. The molecule has 88 valence electrons. The van der Waals surface area contributed by atoms with Crippen molar-refractivity contribution in [3.63, 3.8) is 0 Å². The number of hydrogen-bond acceptors (Lipinski definition) is 3. The van der Waals surface area contributed by atoms with Gasteiger partial charge in [-0.25, -0.2) is 0 Å². The van der Waals surface area contributed by atoms with Gasteiger partial charge in [-0.1, -0.05) is 13.8 Å². The number of hydrogen-bond donors (Lipinski definition) is 0. The number of nitro benzene ring substituents is 1. The van der Waals surface area contributed by atoms with E-state index < -0.39 is 16.4 Å². The van der Waals surface area contributed by atoms with Crippen molar-refractivity contribution in [2.24, 2.45) is 0 Å². The summed E-state index contributed by atoms with van der Waals surface area (Å²) in [6, 6.07) is 3.59. The molecule has 0 bridgehead atoms. The van der Waals surface area contributed by atoms with E-state index in [1.165, 1.54) is 6.07 Å². The Hall–Kier alpha value is -1.65. The lowest BCUT2D eigenvalue weighted by molar-refractivity contribution is -0.387. The minimum Gasteiger partial charge on any atom is -0.490 e. The summed E-state index contributed by atoms with van der Waals surface area (Å²) >= 11 is 0. The van der Waals surface area contributed by atoms with Gasteiger partial charge in [0.2, 0.25) is 5.82 Å². The number of ether oxygens (including phenoxy) is 1. The van der Waals surface area contributed by atoms with Crippen LogP contribution in [-0.2, 0) is 0 Å². The molecule has 0 saturated carbocycles. The maximum Gasteiger partial charge on any atom is 0.305 e. The zero-order valence-corrected chi connectivity index (χ0v) is 9.27. The van der Waals surface area contributed by atoms with E-state index >= 15 is 0 Å². The van der Waals surface area contributed by atoms with Gasteiger partial charge in [-0.05, 0) is 18.9 Å².